The first-order chi connectivity index (χ1) is 19.8. The quantitative estimate of drug-likeness (QED) is 0.202. The molecule has 3 aromatic carbocycles. The molecule has 1 aliphatic rings. The number of pyridine rings is 1. The van der Waals surface area contributed by atoms with E-state index in [9.17, 15) is 4.79 Å². The predicted octanol–water partition coefficient (Wildman–Crippen LogP) is 7.77. The highest BCUT2D eigenvalue weighted by atomic mass is 35.5. The van der Waals surface area contributed by atoms with Crippen LogP contribution in [-0.4, -0.2) is 64.9 Å². The largest absolute Gasteiger partial charge is 0.339 e. The van der Waals surface area contributed by atoms with E-state index in [1.807, 2.05) is 43.1 Å². The van der Waals surface area contributed by atoms with Crippen LogP contribution < -0.4 is 0 Å². The molecule has 4 aromatic rings. The minimum Gasteiger partial charge on any atom is -0.339 e. The first-order valence-corrected chi connectivity index (χ1v) is 15.1. The second-order valence-corrected chi connectivity index (χ2v) is 12.2. The fraction of sp³-hybridized carbons (Fsp3) is 0.389. The van der Waals surface area contributed by atoms with Crippen LogP contribution in [0.25, 0.3) is 10.9 Å². The SMILES string of the molecule is CCN(CC)C(=O)c1ccc(C(c2cccc3cccnc23)N2CCN(Cc3ccc(C(C)(C)C)cc3)CC2)cc1.Cl.Cl. The summed E-state index contributed by atoms with van der Waals surface area (Å²) >= 11 is 0. The third kappa shape index (κ3) is 7.96. The van der Waals surface area contributed by atoms with Gasteiger partial charge >= 0.3 is 0 Å². The van der Waals surface area contributed by atoms with Gasteiger partial charge in [0.05, 0.1) is 11.6 Å². The van der Waals surface area contributed by atoms with Crippen molar-refractivity contribution in [3.05, 3.63) is 113 Å². The molecule has 1 saturated heterocycles. The van der Waals surface area contributed by atoms with Gasteiger partial charge in [-0.1, -0.05) is 81.4 Å². The normalized spacial score (nSPS) is 14.9. The Kier molecular flexibility index (Phi) is 12.2. The Morgan fingerprint density at radius 2 is 1.47 bits per heavy atom. The van der Waals surface area contributed by atoms with Crippen LogP contribution in [0.3, 0.4) is 0 Å². The van der Waals surface area contributed by atoms with E-state index in [4.69, 9.17) is 4.98 Å². The topological polar surface area (TPSA) is 39.7 Å². The number of halogens is 2. The summed E-state index contributed by atoms with van der Waals surface area (Å²) in [5, 5.41) is 1.15. The summed E-state index contributed by atoms with van der Waals surface area (Å²) in [5.41, 5.74) is 7.13. The number of hydrogen-bond donors (Lipinski definition) is 0. The number of amides is 1. The molecular weight excluding hydrogens is 575 g/mol. The van der Waals surface area contributed by atoms with Gasteiger partial charge in [0.25, 0.3) is 5.91 Å². The van der Waals surface area contributed by atoms with Crippen LogP contribution in [-0.2, 0) is 12.0 Å². The van der Waals surface area contributed by atoms with Crippen LogP contribution in [0.1, 0.15) is 73.3 Å². The van der Waals surface area contributed by atoms with Crippen molar-refractivity contribution in [2.75, 3.05) is 39.3 Å². The van der Waals surface area contributed by atoms with Crippen LogP contribution >= 0.6 is 24.8 Å². The number of fused-ring (bicyclic) bond motifs is 1. The summed E-state index contributed by atoms with van der Waals surface area (Å²) in [7, 11) is 0. The second-order valence-electron chi connectivity index (χ2n) is 12.2. The molecule has 5 nitrogen and oxygen atoms in total. The summed E-state index contributed by atoms with van der Waals surface area (Å²) in [5.74, 6) is 0.0917. The summed E-state index contributed by atoms with van der Waals surface area (Å²) in [4.78, 5) is 24.8. The maximum atomic E-state index is 13.0. The molecule has 43 heavy (non-hydrogen) atoms. The fourth-order valence-electron chi connectivity index (χ4n) is 5.98. The van der Waals surface area contributed by atoms with Crippen molar-refractivity contribution >= 4 is 41.6 Å². The minimum absolute atomic E-state index is 0. The Bertz CT molecular complexity index is 1450. The van der Waals surface area contributed by atoms with E-state index >= 15 is 0 Å². The molecule has 1 aromatic heterocycles. The number of nitrogens with zero attached hydrogens (tertiary/aromatic N) is 4. The molecule has 0 saturated carbocycles. The van der Waals surface area contributed by atoms with Gasteiger partial charge in [-0.05, 0) is 54.2 Å². The van der Waals surface area contributed by atoms with Crippen molar-refractivity contribution in [1.29, 1.82) is 0 Å². The van der Waals surface area contributed by atoms with Gasteiger partial charge in [-0.15, -0.1) is 24.8 Å². The minimum atomic E-state index is 0. The maximum Gasteiger partial charge on any atom is 0.253 e. The van der Waals surface area contributed by atoms with Gasteiger partial charge in [0, 0.05) is 68.5 Å². The fourth-order valence-corrected chi connectivity index (χ4v) is 5.98. The molecular formula is C36H46Cl2N4O. The lowest BCUT2D eigenvalue weighted by Gasteiger charge is -2.40. The molecule has 1 aliphatic heterocycles. The van der Waals surface area contributed by atoms with Crippen LogP contribution in [0.5, 0.6) is 0 Å². The summed E-state index contributed by atoms with van der Waals surface area (Å²) in [6.07, 6.45) is 1.89. The second kappa shape index (κ2) is 15.2. The molecule has 1 amide bonds. The van der Waals surface area contributed by atoms with Crippen molar-refractivity contribution in [3.8, 4) is 0 Å². The number of aromatic nitrogens is 1. The van der Waals surface area contributed by atoms with Crippen molar-refractivity contribution in [2.45, 2.75) is 52.6 Å². The number of para-hydroxylation sites is 1. The average Bonchev–Trinajstić information content (AvgIpc) is 2.99. The van der Waals surface area contributed by atoms with Crippen LogP contribution in [0, 0.1) is 0 Å². The number of benzene rings is 3. The zero-order valence-electron chi connectivity index (χ0n) is 26.1. The van der Waals surface area contributed by atoms with Gasteiger partial charge < -0.3 is 4.90 Å². The first-order valence-electron chi connectivity index (χ1n) is 15.1. The molecule has 1 atom stereocenters. The summed E-state index contributed by atoms with van der Waals surface area (Å²) in [6.45, 7) is 17.2. The monoisotopic (exact) mass is 620 g/mol. The van der Waals surface area contributed by atoms with E-state index < -0.39 is 0 Å². The number of rotatable bonds is 8. The molecule has 0 bridgehead atoms. The number of hydrogen-bond acceptors (Lipinski definition) is 4. The first kappa shape index (κ1) is 34.5. The highest BCUT2D eigenvalue weighted by Gasteiger charge is 2.28. The molecule has 1 fully saturated rings. The standard InChI is InChI=1S/C36H44N4O.2ClH/c1-6-39(7-2)35(41)30-17-15-29(16-18-30)34(32-12-8-10-28-11-9-21-37-33(28)32)40-24-22-38(23-25-40)26-27-13-19-31(20-14-27)36(3,4)5;;/h8-21,34H,6-7,22-26H2,1-5H3;2*1H. The Hall–Kier alpha value is -2.96. The van der Waals surface area contributed by atoms with Crippen LogP contribution in [0.15, 0.2) is 85.1 Å². The third-order valence-corrected chi connectivity index (χ3v) is 8.48. The Balaban J connectivity index is 0.00000253. The zero-order chi connectivity index (χ0) is 29.0. The van der Waals surface area contributed by atoms with Crippen LogP contribution in [0.4, 0.5) is 0 Å². The average molecular weight is 622 g/mol. The van der Waals surface area contributed by atoms with E-state index in [2.05, 4.69) is 91.2 Å². The van der Waals surface area contributed by atoms with E-state index in [1.54, 1.807) is 0 Å². The van der Waals surface area contributed by atoms with Crippen LogP contribution in [0.2, 0.25) is 0 Å². The van der Waals surface area contributed by atoms with Crippen molar-refractivity contribution in [1.82, 2.24) is 19.7 Å². The molecule has 0 spiro atoms. The highest BCUT2D eigenvalue weighted by molar-refractivity contribution is 5.94. The number of carbonyl (C=O) groups is 1. The van der Waals surface area contributed by atoms with E-state index in [-0.39, 0.29) is 42.2 Å². The lowest BCUT2D eigenvalue weighted by atomic mass is 9.87. The van der Waals surface area contributed by atoms with E-state index in [1.165, 1.54) is 22.3 Å². The van der Waals surface area contributed by atoms with Gasteiger partial charge in [-0.3, -0.25) is 19.6 Å². The lowest BCUT2D eigenvalue weighted by molar-refractivity contribution is 0.0773. The van der Waals surface area contributed by atoms with E-state index in [0.717, 1.165) is 49.2 Å². The Morgan fingerprint density at radius 1 is 0.837 bits per heavy atom. The van der Waals surface area contributed by atoms with Gasteiger partial charge in [0.15, 0.2) is 0 Å². The molecule has 230 valence electrons. The van der Waals surface area contributed by atoms with Gasteiger partial charge in [-0.25, -0.2) is 0 Å². The van der Waals surface area contributed by atoms with Crippen molar-refractivity contribution < 1.29 is 4.79 Å². The predicted molar refractivity (Wildman–Crippen MR) is 184 cm³/mol. The Labute approximate surface area is 270 Å². The van der Waals surface area contributed by atoms with Crippen molar-refractivity contribution in [2.24, 2.45) is 0 Å². The van der Waals surface area contributed by atoms with Gasteiger partial charge in [-0.2, -0.15) is 0 Å². The number of piperazine rings is 1. The smallest absolute Gasteiger partial charge is 0.253 e. The van der Waals surface area contributed by atoms with Gasteiger partial charge in [0.2, 0.25) is 0 Å². The van der Waals surface area contributed by atoms with Crippen molar-refractivity contribution in [3.63, 3.8) is 0 Å². The van der Waals surface area contributed by atoms with E-state index in [0.29, 0.717) is 13.1 Å². The summed E-state index contributed by atoms with van der Waals surface area (Å²) in [6, 6.07) is 28.1. The third-order valence-electron chi connectivity index (χ3n) is 8.48. The Morgan fingerprint density at radius 3 is 2.07 bits per heavy atom. The molecule has 1 unspecified atom stereocenters. The van der Waals surface area contributed by atoms with Gasteiger partial charge in [0.1, 0.15) is 0 Å². The lowest BCUT2D eigenvalue weighted by Crippen LogP contribution is -2.47. The molecule has 5 rings (SSSR count). The molecule has 2 heterocycles. The molecule has 0 N–H and O–H groups in total. The maximum absolute atomic E-state index is 13.0. The molecule has 7 heteroatoms. The molecule has 0 aliphatic carbocycles. The summed E-state index contributed by atoms with van der Waals surface area (Å²) < 4.78 is 0. The zero-order valence-corrected chi connectivity index (χ0v) is 27.8. The molecule has 0 radical (unpaired) electrons. The highest BCUT2D eigenvalue weighted by Crippen LogP contribution is 2.34. The number of carbonyl (C=O) groups excluding carboxylic acids is 1.